The Balaban J connectivity index is 2.34. The molecule has 7 heteroatoms. The van der Waals surface area contributed by atoms with Crippen LogP contribution in [0.1, 0.15) is 23.4 Å². The van der Waals surface area contributed by atoms with Gasteiger partial charge in [-0.1, -0.05) is 23.7 Å². The summed E-state index contributed by atoms with van der Waals surface area (Å²) in [6, 6.07) is 8.27. The second kappa shape index (κ2) is 6.46. The lowest BCUT2D eigenvalue weighted by Gasteiger charge is -2.24. The second-order valence-corrected chi connectivity index (χ2v) is 8.02. The number of benzene rings is 1. The van der Waals surface area contributed by atoms with Gasteiger partial charge in [0, 0.05) is 23.0 Å². The zero-order chi connectivity index (χ0) is 15.6. The molecule has 0 saturated carbocycles. The molecule has 21 heavy (non-hydrogen) atoms. The average molecular weight is 346 g/mol. The van der Waals surface area contributed by atoms with Crippen molar-refractivity contribution in [3.05, 3.63) is 51.2 Å². The standard InChI is InChI=1S/C14H16ClNO3S2/c1-10(11-3-5-12(15)6-4-11)16(2)21(18,19)14-7-8-20-13(14)9-17/h3-8,10,17H,9H2,1-2H3. The van der Waals surface area contributed by atoms with Gasteiger partial charge in [0.25, 0.3) is 0 Å². The highest BCUT2D eigenvalue weighted by atomic mass is 35.5. The van der Waals surface area contributed by atoms with Gasteiger partial charge in [0.15, 0.2) is 0 Å². The predicted molar refractivity (Wildman–Crippen MR) is 85.1 cm³/mol. The molecular formula is C14H16ClNO3S2. The SMILES string of the molecule is CC(c1ccc(Cl)cc1)N(C)S(=O)(=O)c1ccsc1CO. The molecule has 0 fully saturated rings. The third kappa shape index (κ3) is 3.30. The van der Waals surface area contributed by atoms with E-state index in [2.05, 4.69) is 0 Å². The molecule has 0 radical (unpaired) electrons. The maximum absolute atomic E-state index is 12.7. The Morgan fingerprint density at radius 3 is 2.48 bits per heavy atom. The van der Waals surface area contributed by atoms with Crippen LogP contribution >= 0.6 is 22.9 Å². The van der Waals surface area contributed by atoms with E-state index in [0.717, 1.165) is 5.56 Å². The molecular weight excluding hydrogens is 330 g/mol. The fourth-order valence-corrected chi connectivity index (χ4v) is 4.73. The van der Waals surface area contributed by atoms with Crippen molar-refractivity contribution in [3.63, 3.8) is 0 Å². The second-order valence-electron chi connectivity index (χ2n) is 4.61. The number of hydrogen-bond acceptors (Lipinski definition) is 4. The lowest BCUT2D eigenvalue weighted by Crippen LogP contribution is -2.30. The van der Waals surface area contributed by atoms with Crippen LogP contribution in [0.15, 0.2) is 40.6 Å². The van der Waals surface area contributed by atoms with Gasteiger partial charge in [-0.25, -0.2) is 8.42 Å². The Kier molecular flexibility index (Phi) is 5.06. The summed E-state index contributed by atoms with van der Waals surface area (Å²) in [6.07, 6.45) is 0. The summed E-state index contributed by atoms with van der Waals surface area (Å²) in [5.74, 6) is 0. The summed E-state index contributed by atoms with van der Waals surface area (Å²) in [7, 11) is -2.11. The van der Waals surface area contributed by atoms with Gasteiger partial charge in [-0.3, -0.25) is 0 Å². The molecule has 0 spiro atoms. The van der Waals surface area contributed by atoms with Gasteiger partial charge in [-0.05, 0) is 36.1 Å². The highest BCUT2D eigenvalue weighted by molar-refractivity contribution is 7.89. The maximum Gasteiger partial charge on any atom is 0.244 e. The van der Waals surface area contributed by atoms with Crippen molar-refractivity contribution in [1.29, 1.82) is 0 Å². The first-order chi connectivity index (χ1) is 9.87. The minimum atomic E-state index is -3.65. The Morgan fingerprint density at radius 1 is 1.29 bits per heavy atom. The van der Waals surface area contributed by atoms with Crippen LogP contribution in [0.4, 0.5) is 0 Å². The number of rotatable bonds is 5. The molecule has 0 aliphatic rings. The zero-order valence-electron chi connectivity index (χ0n) is 11.7. The summed E-state index contributed by atoms with van der Waals surface area (Å²) in [5.41, 5.74) is 0.853. The number of hydrogen-bond donors (Lipinski definition) is 1. The molecule has 114 valence electrons. The van der Waals surface area contributed by atoms with Gasteiger partial charge in [-0.15, -0.1) is 11.3 Å². The van der Waals surface area contributed by atoms with Gasteiger partial charge in [0.1, 0.15) is 0 Å². The van der Waals surface area contributed by atoms with Crippen LogP contribution in [0.5, 0.6) is 0 Å². The van der Waals surface area contributed by atoms with Gasteiger partial charge in [-0.2, -0.15) is 4.31 Å². The van der Waals surface area contributed by atoms with Crippen molar-refractivity contribution in [1.82, 2.24) is 4.31 Å². The van der Waals surface area contributed by atoms with Crippen LogP contribution in [0, 0.1) is 0 Å². The van der Waals surface area contributed by atoms with E-state index in [-0.39, 0.29) is 17.5 Å². The fraction of sp³-hybridized carbons (Fsp3) is 0.286. The van der Waals surface area contributed by atoms with E-state index in [9.17, 15) is 13.5 Å². The Bertz CT molecular complexity index is 710. The van der Waals surface area contributed by atoms with E-state index in [1.165, 1.54) is 28.8 Å². The van der Waals surface area contributed by atoms with E-state index >= 15 is 0 Å². The largest absolute Gasteiger partial charge is 0.391 e. The van der Waals surface area contributed by atoms with Crippen molar-refractivity contribution < 1.29 is 13.5 Å². The van der Waals surface area contributed by atoms with Crippen molar-refractivity contribution in [2.45, 2.75) is 24.5 Å². The van der Waals surface area contributed by atoms with Crippen LogP contribution in [0.25, 0.3) is 0 Å². The Labute approximate surface area is 133 Å². The maximum atomic E-state index is 12.7. The molecule has 1 unspecified atom stereocenters. The van der Waals surface area contributed by atoms with E-state index in [1.54, 1.807) is 29.6 Å². The van der Waals surface area contributed by atoms with Crippen LogP contribution < -0.4 is 0 Å². The molecule has 0 aliphatic carbocycles. The Hall–Kier alpha value is -0.920. The molecule has 0 aliphatic heterocycles. The third-order valence-corrected chi connectivity index (χ3v) is 6.70. The molecule has 0 saturated heterocycles. The number of aliphatic hydroxyl groups excluding tert-OH is 1. The molecule has 0 bridgehead atoms. The molecule has 4 nitrogen and oxygen atoms in total. The number of nitrogens with zero attached hydrogens (tertiary/aromatic N) is 1. The molecule has 1 heterocycles. The van der Waals surface area contributed by atoms with Crippen molar-refractivity contribution in [3.8, 4) is 0 Å². The summed E-state index contributed by atoms with van der Waals surface area (Å²) in [4.78, 5) is 0.614. The van der Waals surface area contributed by atoms with Crippen molar-refractivity contribution >= 4 is 33.0 Å². The number of halogens is 1. The van der Waals surface area contributed by atoms with Gasteiger partial charge >= 0.3 is 0 Å². The van der Waals surface area contributed by atoms with Crippen LogP contribution in [-0.2, 0) is 16.6 Å². The molecule has 2 rings (SSSR count). The predicted octanol–water partition coefficient (Wildman–Crippen LogP) is 3.28. The smallest absolute Gasteiger partial charge is 0.244 e. The number of sulfonamides is 1. The topological polar surface area (TPSA) is 57.6 Å². The minimum Gasteiger partial charge on any atom is -0.391 e. The summed E-state index contributed by atoms with van der Waals surface area (Å²) in [5, 5.41) is 11.5. The van der Waals surface area contributed by atoms with E-state index < -0.39 is 10.0 Å². The van der Waals surface area contributed by atoms with Gasteiger partial charge in [0.05, 0.1) is 11.5 Å². The highest BCUT2D eigenvalue weighted by Crippen LogP contribution is 2.30. The Morgan fingerprint density at radius 2 is 1.90 bits per heavy atom. The van der Waals surface area contributed by atoms with E-state index in [1.807, 2.05) is 6.92 Å². The van der Waals surface area contributed by atoms with Crippen molar-refractivity contribution in [2.24, 2.45) is 0 Å². The highest BCUT2D eigenvalue weighted by Gasteiger charge is 2.28. The van der Waals surface area contributed by atoms with Gasteiger partial charge in [0.2, 0.25) is 10.0 Å². The van der Waals surface area contributed by atoms with Crippen LogP contribution in [0.3, 0.4) is 0 Å². The third-order valence-electron chi connectivity index (χ3n) is 3.40. The molecule has 1 aromatic heterocycles. The lowest BCUT2D eigenvalue weighted by atomic mass is 10.1. The summed E-state index contributed by atoms with van der Waals surface area (Å²) in [6.45, 7) is 1.53. The van der Waals surface area contributed by atoms with Crippen LogP contribution in [-0.4, -0.2) is 24.9 Å². The molecule has 1 aromatic carbocycles. The normalized spacial score (nSPS) is 13.6. The quantitative estimate of drug-likeness (QED) is 0.904. The molecule has 1 N–H and O–H groups in total. The van der Waals surface area contributed by atoms with E-state index in [4.69, 9.17) is 11.6 Å². The summed E-state index contributed by atoms with van der Waals surface area (Å²) < 4.78 is 26.6. The zero-order valence-corrected chi connectivity index (χ0v) is 14.0. The number of aliphatic hydroxyl groups is 1. The first-order valence-electron chi connectivity index (χ1n) is 6.28. The van der Waals surface area contributed by atoms with Crippen LogP contribution in [0.2, 0.25) is 5.02 Å². The minimum absolute atomic E-state index is 0.165. The average Bonchev–Trinajstić information content (AvgIpc) is 2.95. The van der Waals surface area contributed by atoms with Gasteiger partial charge < -0.3 is 5.11 Å². The molecule has 2 aromatic rings. The molecule has 1 atom stereocenters. The first-order valence-corrected chi connectivity index (χ1v) is 8.98. The van der Waals surface area contributed by atoms with E-state index in [0.29, 0.717) is 9.90 Å². The first kappa shape index (κ1) is 16.5. The number of thiophene rings is 1. The van der Waals surface area contributed by atoms with Crippen molar-refractivity contribution in [2.75, 3.05) is 7.05 Å². The monoisotopic (exact) mass is 345 g/mol. The fourth-order valence-electron chi connectivity index (χ4n) is 1.99. The summed E-state index contributed by atoms with van der Waals surface area (Å²) >= 11 is 7.08. The molecule has 0 amide bonds. The lowest BCUT2D eigenvalue weighted by molar-refractivity contribution is 0.282.